The maximum absolute atomic E-state index is 13.0. The zero-order valence-electron chi connectivity index (χ0n) is 14.5. The summed E-state index contributed by atoms with van der Waals surface area (Å²) in [5, 5.41) is 0. The number of hydrogen-bond donors (Lipinski definition) is 0. The molecule has 0 N–H and O–H groups in total. The van der Waals surface area contributed by atoms with Crippen molar-refractivity contribution in [3.63, 3.8) is 0 Å². The van der Waals surface area contributed by atoms with Gasteiger partial charge < -0.3 is 0 Å². The summed E-state index contributed by atoms with van der Waals surface area (Å²) in [6, 6.07) is 12.1. The first-order valence-electron chi connectivity index (χ1n) is 8.08. The van der Waals surface area contributed by atoms with Gasteiger partial charge in [0.15, 0.2) is 5.78 Å². The molecule has 0 aliphatic carbocycles. The van der Waals surface area contributed by atoms with E-state index in [1.165, 1.54) is 11.1 Å². The molecular weight excluding hydrogens is 268 g/mol. The largest absolute Gasteiger partial charge is 0.289 e. The quantitative estimate of drug-likeness (QED) is 0.653. The molecule has 0 fully saturated rings. The second kappa shape index (κ2) is 6.48. The summed E-state index contributed by atoms with van der Waals surface area (Å²) >= 11 is 0. The maximum atomic E-state index is 13.0. The third kappa shape index (κ3) is 2.99. The molecule has 2 aromatic rings. The molecule has 0 bridgehead atoms. The Kier molecular flexibility index (Phi) is 4.85. The number of carbonyl (C=O) groups is 1. The standard InChI is InChI=1S/C21H26O/c1-13(2)17-9-7-11-19(15(17)5)21(22)20-12-8-10-18(14(3)4)16(20)6/h7-14H,1-6H3. The minimum Gasteiger partial charge on any atom is -0.289 e. The molecule has 1 heteroatoms. The first-order valence-corrected chi connectivity index (χ1v) is 8.08. The Labute approximate surface area is 134 Å². The lowest BCUT2D eigenvalue weighted by Crippen LogP contribution is -2.09. The van der Waals surface area contributed by atoms with E-state index in [9.17, 15) is 4.79 Å². The summed E-state index contributed by atoms with van der Waals surface area (Å²) in [5.41, 5.74) is 6.38. The van der Waals surface area contributed by atoms with E-state index in [0.29, 0.717) is 11.8 Å². The fourth-order valence-corrected chi connectivity index (χ4v) is 3.19. The van der Waals surface area contributed by atoms with Crippen molar-refractivity contribution in [2.24, 2.45) is 0 Å². The van der Waals surface area contributed by atoms with Crippen molar-refractivity contribution >= 4 is 5.78 Å². The fourth-order valence-electron chi connectivity index (χ4n) is 3.19. The number of benzene rings is 2. The van der Waals surface area contributed by atoms with Gasteiger partial charge in [-0.1, -0.05) is 64.1 Å². The Morgan fingerprint density at radius 3 is 1.41 bits per heavy atom. The van der Waals surface area contributed by atoms with Crippen LogP contribution in [0.3, 0.4) is 0 Å². The van der Waals surface area contributed by atoms with Crippen molar-refractivity contribution in [1.29, 1.82) is 0 Å². The molecule has 1 nitrogen and oxygen atoms in total. The highest BCUT2D eigenvalue weighted by Crippen LogP contribution is 2.27. The highest BCUT2D eigenvalue weighted by molar-refractivity contribution is 6.11. The number of rotatable bonds is 4. The molecule has 0 atom stereocenters. The summed E-state index contributed by atoms with van der Waals surface area (Å²) < 4.78 is 0. The number of carbonyl (C=O) groups excluding carboxylic acids is 1. The van der Waals surface area contributed by atoms with Crippen LogP contribution in [0.25, 0.3) is 0 Å². The molecule has 0 aromatic heterocycles. The van der Waals surface area contributed by atoms with E-state index in [0.717, 1.165) is 22.3 Å². The lowest BCUT2D eigenvalue weighted by atomic mass is 9.87. The third-order valence-corrected chi connectivity index (χ3v) is 4.48. The van der Waals surface area contributed by atoms with Crippen LogP contribution in [0.1, 0.15) is 77.7 Å². The van der Waals surface area contributed by atoms with Crippen molar-refractivity contribution in [3.05, 3.63) is 69.8 Å². The van der Waals surface area contributed by atoms with Crippen molar-refractivity contribution in [3.8, 4) is 0 Å². The first-order chi connectivity index (χ1) is 10.3. The van der Waals surface area contributed by atoms with Crippen LogP contribution in [0.4, 0.5) is 0 Å². The molecule has 0 saturated heterocycles. The van der Waals surface area contributed by atoms with Gasteiger partial charge in [-0.3, -0.25) is 4.79 Å². The molecule has 0 heterocycles. The topological polar surface area (TPSA) is 17.1 Å². The van der Waals surface area contributed by atoms with Crippen LogP contribution in [-0.4, -0.2) is 5.78 Å². The molecule has 0 amide bonds. The molecule has 0 aliphatic rings. The van der Waals surface area contributed by atoms with E-state index in [4.69, 9.17) is 0 Å². The molecule has 0 radical (unpaired) electrons. The Bertz CT molecular complexity index is 634. The number of ketones is 1. The van der Waals surface area contributed by atoms with Crippen molar-refractivity contribution in [1.82, 2.24) is 0 Å². The third-order valence-electron chi connectivity index (χ3n) is 4.48. The number of hydrogen-bond acceptors (Lipinski definition) is 1. The van der Waals surface area contributed by atoms with Crippen molar-refractivity contribution < 1.29 is 4.79 Å². The van der Waals surface area contributed by atoms with Gasteiger partial charge in [-0.05, 0) is 47.9 Å². The van der Waals surface area contributed by atoms with E-state index in [-0.39, 0.29) is 5.78 Å². The normalized spacial score (nSPS) is 11.3. The van der Waals surface area contributed by atoms with Crippen molar-refractivity contribution in [2.45, 2.75) is 53.4 Å². The van der Waals surface area contributed by atoms with Crippen LogP contribution in [-0.2, 0) is 0 Å². The average molecular weight is 294 g/mol. The smallest absolute Gasteiger partial charge is 0.193 e. The van der Waals surface area contributed by atoms with Gasteiger partial charge in [-0.2, -0.15) is 0 Å². The highest BCUT2D eigenvalue weighted by atomic mass is 16.1. The van der Waals surface area contributed by atoms with Crippen LogP contribution in [0.15, 0.2) is 36.4 Å². The molecule has 22 heavy (non-hydrogen) atoms. The molecular formula is C21H26O. The van der Waals surface area contributed by atoms with E-state index in [2.05, 4.69) is 53.7 Å². The Hall–Kier alpha value is -1.89. The van der Waals surface area contributed by atoms with Crippen molar-refractivity contribution in [2.75, 3.05) is 0 Å². The van der Waals surface area contributed by atoms with Crippen LogP contribution >= 0.6 is 0 Å². The van der Waals surface area contributed by atoms with Crippen LogP contribution in [0.5, 0.6) is 0 Å². The van der Waals surface area contributed by atoms with Gasteiger partial charge in [0.05, 0.1) is 0 Å². The minimum absolute atomic E-state index is 0.139. The van der Waals surface area contributed by atoms with Gasteiger partial charge in [-0.15, -0.1) is 0 Å². The molecule has 2 rings (SSSR count). The Morgan fingerprint density at radius 2 is 1.09 bits per heavy atom. The molecule has 0 aliphatic heterocycles. The Morgan fingerprint density at radius 1 is 0.727 bits per heavy atom. The summed E-state index contributed by atoms with van der Waals surface area (Å²) in [4.78, 5) is 13.0. The summed E-state index contributed by atoms with van der Waals surface area (Å²) in [6.07, 6.45) is 0. The minimum atomic E-state index is 0.139. The predicted octanol–water partition coefficient (Wildman–Crippen LogP) is 5.78. The van der Waals surface area contributed by atoms with E-state index < -0.39 is 0 Å². The highest BCUT2D eigenvalue weighted by Gasteiger charge is 2.18. The SMILES string of the molecule is Cc1c(C(=O)c2cccc(C(C)C)c2C)cccc1C(C)C. The van der Waals surface area contributed by atoms with E-state index >= 15 is 0 Å². The van der Waals surface area contributed by atoms with Crippen LogP contribution < -0.4 is 0 Å². The summed E-state index contributed by atoms with van der Waals surface area (Å²) in [7, 11) is 0. The lowest BCUT2D eigenvalue weighted by Gasteiger charge is -2.16. The molecule has 0 saturated carbocycles. The summed E-state index contributed by atoms with van der Waals surface area (Å²) in [5.74, 6) is 0.992. The zero-order valence-corrected chi connectivity index (χ0v) is 14.5. The van der Waals surface area contributed by atoms with E-state index in [1.807, 2.05) is 24.3 Å². The zero-order chi connectivity index (χ0) is 16.4. The lowest BCUT2D eigenvalue weighted by molar-refractivity contribution is 0.103. The van der Waals surface area contributed by atoms with Gasteiger partial charge in [-0.25, -0.2) is 0 Å². The maximum Gasteiger partial charge on any atom is 0.193 e. The van der Waals surface area contributed by atoms with Crippen LogP contribution in [0, 0.1) is 13.8 Å². The summed E-state index contributed by atoms with van der Waals surface area (Å²) in [6.45, 7) is 12.8. The van der Waals surface area contributed by atoms with Gasteiger partial charge >= 0.3 is 0 Å². The molecule has 2 aromatic carbocycles. The monoisotopic (exact) mass is 294 g/mol. The first kappa shape index (κ1) is 16.5. The fraction of sp³-hybridized carbons (Fsp3) is 0.381. The molecule has 0 spiro atoms. The second-order valence-corrected chi connectivity index (χ2v) is 6.68. The van der Waals surface area contributed by atoms with Gasteiger partial charge in [0, 0.05) is 11.1 Å². The molecule has 0 unspecified atom stereocenters. The van der Waals surface area contributed by atoms with Gasteiger partial charge in [0.1, 0.15) is 0 Å². The Balaban J connectivity index is 2.54. The average Bonchev–Trinajstić information content (AvgIpc) is 2.46. The van der Waals surface area contributed by atoms with Gasteiger partial charge in [0.2, 0.25) is 0 Å². The van der Waals surface area contributed by atoms with E-state index in [1.54, 1.807) is 0 Å². The predicted molar refractivity (Wildman–Crippen MR) is 94.0 cm³/mol. The molecule has 116 valence electrons. The van der Waals surface area contributed by atoms with Gasteiger partial charge in [0.25, 0.3) is 0 Å². The van der Waals surface area contributed by atoms with Crippen LogP contribution in [0.2, 0.25) is 0 Å². The second-order valence-electron chi connectivity index (χ2n) is 6.68.